The smallest absolute Gasteiger partial charge is 0.122 e. The van der Waals surface area contributed by atoms with E-state index >= 15 is 0 Å². The second kappa shape index (κ2) is 4.87. The van der Waals surface area contributed by atoms with Crippen molar-refractivity contribution in [1.29, 1.82) is 0 Å². The van der Waals surface area contributed by atoms with Gasteiger partial charge >= 0.3 is 0 Å². The van der Waals surface area contributed by atoms with Crippen LogP contribution >= 0.6 is 0 Å². The standard InChI is InChI=1S/C11H17NO/c1-9-5-4-6-11(13-3)10(9)7-8-12-2/h4-6,12H,7-8H2,1-3H3. The summed E-state index contributed by atoms with van der Waals surface area (Å²) in [6.45, 7) is 3.11. The first kappa shape index (κ1) is 10.1. The number of ether oxygens (including phenoxy) is 1. The number of aryl methyl sites for hydroxylation is 1. The molecule has 0 fully saturated rings. The molecule has 1 rings (SSSR count). The zero-order valence-electron chi connectivity index (χ0n) is 8.55. The largest absolute Gasteiger partial charge is 0.496 e. The predicted molar refractivity (Wildman–Crippen MR) is 55.4 cm³/mol. The van der Waals surface area contributed by atoms with Crippen molar-refractivity contribution in [2.24, 2.45) is 0 Å². The molecule has 0 atom stereocenters. The average molecular weight is 179 g/mol. The van der Waals surface area contributed by atoms with Gasteiger partial charge in [-0.3, -0.25) is 0 Å². The summed E-state index contributed by atoms with van der Waals surface area (Å²) in [5.41, 5.74) is 2.61. The van der Waals surface area contributed by atoms with Crippen LogP contribution in [0.25, 0.3) is 0 Å². The first-order valence-electron chi connectivity index (χ1n) is 4.56. The van der Waals surface area contributed by atoms with Crippen molar-refractivity contribution < 1.29 is 4.74 Å². The Morgan fingerprint density at radius 3 is 2.77 bits per heavy atom. The molecular weight excluding hydrogens is 162 g/mol. The average Bonchev–Trinajstić information content (AvgIpc) is 2.15. The molecule has 2 heteroatoms. The lowest BCUT2D eigenvalue weighted by atomic mass is 10.0. The first-order chi connectivity index (χ1) is 6.29. The van der Waals surface area contributed by atoms with Crippen molar-refractivity contribution in [3.8, 4) is 5.75 Å². The van der Waals surface area contributed by atoms with E-state index in [-0.39, 0.29) is 0 Å². The number of likely N-dealkylation sites (N-methyl/N-ethyl adjacent to an activating group) is 1. The van der Waals surface area contributed by atoms with Crippen molar-refractivity contribution in [3.63, 3.8) is 0 Å². The molecule has 2 nitrogen and oxygen atoms in total. The summed E-state index contributed by atoms with van der Waals surface area (Å²) in [6.07, 6.45) is 1.02. The molecule has 0 spiro atoms. The predicted octanol–water partition coefficient (Wildman–Crippen LogP) is 1.77. The summed E-state index contributed by atoms with van der Waals surface area (Å²) in [7, 11) is 3.68. The highest BCUT2D eigenvalue weighted by atomic mass is 16.5. The van der Waals surface area contributed by atoms with E-state index in [1.54, 1.807) is 7.11 Å². The number of methoxy groups -OCH3 is 1. The van der Waals surface area contributed by atoms with Crippen LogP contribution in [0.3, 0.4) is 0 Å². The van der Waals surface area contributed by atoms with Crippen LogP contribution < -0.4 is 10.1 Å². The molecule has 0 aliphatic carbocycles. The number of hydrogen-bond acceptors (Lipinski definition) is 2. The monoisotopic (exact) mass is 179 g/mol. The van der Waals surface area contributed by atoms with Crippen LogP contribution in [-0.2, 0) is 6.42 Å². The van der Waals surface area contributed by atoms with Crippen LogP contribution in [-0.4, -0.2) is 20.7 Å². The summed E-state index contributed by atoms with van der Waals surface area (Å²) < 4.78 is 5.30. The molecule has 0 aromatic heterocycles. The molecule has 13 heavy (non-hydrogen) atoms. The van der Waals surface area contributed by atoms with Gasteiger partial charge in [-0.05, 0) is 44.1 Å². The molecule has 0 aliphatic rings. The molecule has 0 saturated heterocycles. The van der Waals surface area contributed by atoms with E-state index in [4.69, 9.17) is 4.74 Å². The summed E-state index contributed by atoms with van der Waals surface area (Å²) in [5.74, 6) is 0.996. The lowest BCUT2D eigenvalue weighted by molar-refractivity contribution is 0.409. The van der Waals surface area contributed by atoms with Gasteiger partial charge in [-0.1, -0.05) is 12.1 Å². The quantitative estimate of drug-likeness (QED) is 0.760. The van der Waals surface area contributed by atoms with Gasteiger partial charge in [0.05, 0.1) is 7.11 Å². The number of nitrogens with one attached hydrogen (secondary N) is 1. The maximum Gasteiger partial charge on any atom is 0.122 e. The van der Waals surface area contributed by atoms with E-state index < -0.39 is 0 Å². The van der Waals surface area contributed by atoms with Crippen molar-refractivity contribution in [1.82, 2.24) is 5.32 Å². The molecule has 0 bridgehead atoms. The molecule has 1 N–H and O–H groups in total. The Morgan fingerprint density at radius 1 is 1.38 bits per heavy atom. The minimum Gasteiger partial charge on any atom is -0.496 e. The van der Waals surface area contributed by atoms with E-state index in [1.807, 2.05) is 19.2 Å². The topological polar surface area (TPSA) is 21.3 Å². The fourth-order valence-electron chi connectivity index (χ4n) is 1.44. The maximum absolute atomic E-state index is 5.30. The third kappa shape index (κ3) is 2.46. The lowest BCUT2D eigenvalue weighted by Crippen LogP contribution is -2.11. The highest BCUT2D eigenvalue weighted by molar-refractivity contribution is 5.39. The summed E-state index contributed by atoms with van der Waals surface area (Å²) in [4.78, 5) is 0. The van der Waals surface area contributed by atoms with Crippen LogP contribution in [0.2, 0.25) is 0 Å². The van der Waals surface area contributed by atoms with E-state index in [0.29, 0.717) is 0 Å². The van der Waals surface area contributed by atoms with Gasteiger partial charge in [-0.2, -0.15) is 0 Å². The zero-order valence-corrected chi connectivity index (χ0v) is 8.55. The second-order valence-electron chi connectivity index (χ2n) is 3.11. The minimum atomic E-state index is 0.987. The summed E-state index contributed by atoms with van der Waals surface area (Å²) in [5, 5.41) is 3.14. The molecule has 0 amide bonds. The molecule has 1 aromatic carbocycles. The molecular formula is C11H17NO. The number of rotatable bonds is 4. The fraction of sp³-hybridized carbons (Fsp3) is 0.455. The van der Waals surface area contributed by atoms with Gasteiger partial charge in [-0.15, -0.1) is 0 Å². The minimum absolute atomic E-state index is 0.987. The Bertz CT molecular complexity index is 271. The highest BCUT2D eigenvalue weighted by Gasteiger charge is 2.04. The Morgan fingerprint density at radius 2 is 2.15 bits per heavy atom. The SMILES string of the molecule is CNCCc1c(C)cccc1OC. The third-order valence-corrected chi connectivity index (χ3v) is 2.21. The van der Waals surface area contributed by atoms with Gasteiger partial charge in [0, 0.05) is 0 Å². The first-order valence-corrected chi connectivity index (χ1v) is 4.56. The Kier molecular flexibility index (Phi) is 3.77. The molecule has 72 valence electrons. The van der Waals surface area contributed by atoms with Crippen LogP contribution in [0.15, 0.2) is 18.2 Å². The number of benzene rings is 1. The Labute approximate surface area is 79.9 Å². The Balaban J connectivity index is 2.87. The van der Waals surface area contributed by atoms with Crippen LogP contribution in [0.5, 0.6) is 5.75 Å². The summed E-state index contributed by atoms with van der Waals surface area (Å²) >= 11 is 0. The van der Waals surface area contributed by atoms with Crippen molar-refractivity contribution in [2.45, 2.75) is 13.3 Å². The Hall–Kier alpha value is -1.02. The van der Waals surface area contributed by atoms with E-state index in [9.17, 15) is 0 Å². The molecule has 0 radical (unpaired) electrons. The van der Waals surface area contributed by atoms with E-state index in [1.165, 1.54) is 11.1 Å². The second-order valence-corrected chi connectivity index (χ2v) is 3.11. The van der Waals surface area contributed by atoms with Gasteiger partial charge < -0.3 is 10.1 Å². The van der Waals surface area contributed by atoms with Crippen molar-refractivity contribution in [3.05, 3.63) is 29.3 Å². The van der Waals surface area contributed by atoms with Gasteiger partial charge in [0.1, 0.15) is 5.75 Å². The normalized spacial score (nSPS) is 10.1. The third-order valence-electron chi connectivity index (χ3n) is 2.21. The molecule has 0 unspecified atom stereocenters. The van der Waals surface area contributed by atoms with E-state index in [2.05, 4.69) is 18.3 Å². The molecule has 0 heterocycles. The maximum atomic E-state index is 5.30. The van der Waals surface area contributed by atoms with Crippen LogP contribution in [0.1, 0.15) is 11.1 Å². The molecule has 1 aromatic rings. The van der Waals surface area contributed by atoms with Crippen LogP contribution in [0, 0.1) is 6.92 Å². The molecule has 0 aliphatic heterocycles. The van der Waals surface area contributed by atoms with Crippen molar-refractivity contribution in [2.75, 3.05) is 20.7 Å². The summed E-state index contributed by atoms with van der Waals surface area (Å²) in [6, 6.07) is 6.16. The van der Waals surface area contributed by atoms with Gasteiger partial charge in [-0.25, -0.2) is 0 Å². The van der Waals surface area contributed by atoms with Crippen molar-refractivity contribution >= 4 is 0 Å². The molecule has 0 saturated carbocycles. The van der Waals surface area contributed by atoms with Gasteiger partial charge in [0.15, 0.2) is 0 Å². The van der Waals surface area contributed by atoms with Crippen LogP contribution in [0.4, 0.5) is 0 Å². The lowest BCUT2D eigenvalue weighted by Gasteiger charge is -2.10. The highest BCUT2D eigenvalue weighted by Crippen LogP contribution is 2.21. The van der Waals surface area contributed by atoms with Gasteiger partial charge in [0.2, 0.25) is 0 Å². The number of hydrogen-bond donors (Lipinski definition) is 1. The van der Waals surface area contributed by atoms with Gasteiger partial charge in [0.25, 0.3) is 0 Å². The zero-order chi connectivity index (χ0) is 9.68. The van der Waals surface area contributed by atoms with E-state index in [0.717, 1.165) is 18.7 Å². The fourth-order valence-corrected chi connectivity index (χ4v) is 1.44.